The minimum atomic E-state index is -0.371. The van der Waals surface area contributed by atoms with Crippen LogP contribution in [0.5, 0.6) is 0 Å². The molecule has 0 amide bonds. The Bertz CT molecular complexity index is 369. The first-order chi connectivity index (χ1) is 8.43. The molecule has 0 saturated heterocycles. The first-order valence-electron chi connectivity index (χ1n) is 6.47. The smallest absolute Gasteiger partial charge is 0.148 e. The summed E-state index contributed by atoms with van der Waals surface area (Å²) >= 11 is 0. The highest BCUT2D eigenvalue weighted by Gasteiger charge is 2.12. The maximum absolute atomic E-state index is 13.2. The number of para-hydroxylation sites is 1. The molecular formula is C14H24FN3. The van der Waals surface area contributed by atoms with Crippen molar-refractivity contribution >= 4 is 11.4 Å². The minimum absolute atomic E-state index is 0.193. The lowest BCUT2D eigenvalue weighted by molar-refractivity contribution is 0.182. The van der Waals surface area contributed by atoms with Crippen molar-refractivity contribution < 1.29 is 4.39 Å². The molecule has 0 unspecified atom stereocenters. The monoisotopic (exact) mass is 253 g/mol. The van der Waals surface area contributed by atoms with Crippen LogP contribution < -0.4 is 11.1 Å². The van der Waals surface area contributed by atoms with E-state index < -0.39 is 0 Å². The lowest BCUT2D eigenvalue weighted by Gasteiger charge is -2.30. The summed E-state index contributed by atoms with van der Waals surface area (Å²) in [6.07, 6.45) is 0. The van der Waals surface area contributed by atoms with Crippen molar-refractivity contribution in [1.82, 2.24) is 4.90 Å². The summed E-state index contributed by atoms with van der Waals surface area (Å²) < 4.78 is 13.2. The van der Waals surface area contributed by atoms with E-state index in [4.69, 9.17) is 5.73 Å². The molecule has 18 heavy (non-hydrogen) atoms. The zero-order valence-corrected chi connectivity index (χ0v) is 11.7. The molecular weight excluding hydrogens is 229 g/mol. The van der Waals surface area contributed by atoms with E-state index in [0.29, 0.717) is 17.8 Å². The molecule has 3 nitrogen and oxygen atoms in total. The number of nitrogens with two attached hydrogens (primary N) is 1. The minimum Gasteiger partial charge on any atom is -0.395 e. The van der Waals surface area contributed by atoms with Crippen molar-refractivity contribution in [3.05, 3.63) is 24.0 Å². The third-order valence-corrected chi connectivity index (χ3v) is 3.06. The first-order valence-corrected chi connectivity index (χ1v) is 6.47. The van der Waals surface area contributed by atoms with E-state index >= 15 is 0 Å². The van der Waals surface area contributed by atoms with Crippen LogP contribution in [0.25, 0.3) is 0 Å². The van der Waals surface area contributed by atoms with E-state index in [-0.39, 0.29) is 11.5 Å². The van der Waals surface area contributed by atoms with Crippen LogP contribution in [0.4, 0.5) is 15.8 Å². The van der Waals surface area contributed by atoms with Crippen LogP contribution in [-0.4, -0.2) is 30.1 Å². The molecule has 0 aromatic heterocycles. The molecule has 4 heteroatoms. The Morgan fingerprint density at radius 2 is 1.83 bits per heavy atom. The molecule has 1 aromatic rings. The van der Waals surface area contributed by atoms with Crippen molar-refractivity contribution in [3.8, 4) is 0 Å². The van der Waals surface area contributed by atoms with Crippen LogP contribution in [0, 0.1) is 5.82 Å². The zero-order chi connectivity index (χ0) is 13.7. The van der Waals surface area contributed by atoms with Gasteiger partial charge in [-0.05, 0) is 39.8 Å². The zero-order valence-electron chi connectivity index (χ0n) is 11.7. The summed E-state index contributed by atoms with van der Waals surface area (Å²) in [4.78, 5) is 2.38. The third-order valence-electron chi connectivity index (χ3n) is 3.06. The predicted molar refractivity (Wildman–Crippen MR) is 76.3 cm³/mol. The van der Waals surface area contributed by atoms with Gasteiger partial charge >= 0.3 is 0 Å². The van der Waals surface area contributed by atoms with E-state index in [1.165, 1.54) is 6.07 Å². The molecule has 1 aromatic carbocycles. The van der Waals surface area contributed by atoms with Crippen LogP contribution in [0.2, 0.25) is 0 Å². The summed E-state index contributed by atoms with van der Waals surface area (Å²) in [6, 6.07) is 5.83. The van der Waals surface area contributed by atoms with Gasteiger partial charge in [0.05, 0.1) is 11.4 Å². The van der Waals surface area contributed by atoms with Gasteiger partial charge in [0.15, 0.2) is 0 Å². The molecule has 3 N–H and O–H groups in total. The van der Waals surface area contributed by atoms with Gasteiger partial charge in [-0.3, -0.25) is 4.90 Å². The Labute approximate surface area is 109 Å². The van der Waals surface area contributed by atoms with Crippen molar-refractivity contribution in [1.29, 1.82) is 0 Å². The average molecular weight is 253 g/mol. The average Bonchev–Trinajstić information content (AvgIpc) is 2.28. The van der Waals surface area contributed by atoms with Gasteiger partial charge in [0.25, 0.3) is 0 Å². The van der Waals surface area contributed by atoms with Crippen molar-refractivity contribution in [2.45, 2.75) is 39.8 Å². The van der Waals surface area contributed by atoms with Crippen LogP contribution >= 0.6 is 0 Å². The number of hydrogen-bond acceptors (Lipinski definition) is 3. The molecule has 0 radical (unpaired) electrons. The highest BCUT2D eigenvalue weighted by molar-refractivity contribution is 5.66. The molecule has 0 spiro atoms. The molecule has 0 bridgehead atoms. The van der Waals surface area contributed by atoms with Crippen LogP contribution in [0.1, 0.15) is 27.7 Å². The largest absolute Gasteiger partial charge is 0.395 e. The van der Waals surface area contributed by atoms with Crippen molar-refractivity contribution in [2.75, 3.05) is 24.1 Å². The van der Waals surface area contributed by atoms with E-state index in [0.717, 1.165) is 13.1 Å². The van der Waals surface area contributed by atoms with Crippen molar-refractivity contribution in [3.63, 3.8) is 0 Å². The molecule has 0 aliphatic carbocycles. The SMILES string of the molecule is CC(C)N(CCNc1cccc(F)c1N)C(C)C. The van der Waals surface area contributed by atoms with E-state index in [9.17, 15) is 4.39 Å². The number of halogens is 1. The van der Waals surface area contributed by atoms with Crippen molar-refractivity contribution in [2.24, 2.45) is 0 Å². The maximum atomic E-state index is 13.2. The summed E-state index contributed by atoms with van der Waals surface area (Å²) in [6.45, 7) is 10.4. The molecule has 1 rings (SSSR count). The summed E-state index contributed by atoms with van der Waals surface area (Å²) in [7, 11) is 0. The second kappa shape index (κ2) is 6.59. The molecule has 0 heterocycles. The summed E-state index contributed by atoms with van der Waals surface area (Å²) in [5.74, 6) is -0.371. The second-order valence-electron chi connectivity index (χ2n) is 5.05. The first kappa shape index (κ1) is 14.8. The van der Waals surface area contributed by atoms with E-state index in [1.54, 1.807) is 12.1 Å². The Morgan fingerprint density at radius 1 is 1.22 bits per heavy atom. The fourth-order valence-electron chi connectivity index (χ4n) is 2.12. The fraction of sp³-hybridized carbons (Fsp3) is 0.571. The van der Waals surface area contributed by atoms with Gasteiger partial charge in [-0.25, -0.2) is 4.39 Å². The highest BCUT2D eigenvalue weighted by atomic mass is 19.1. The molecule has 0 saturated carbocycles. The predicted octanol–water partition coefficient (Wildman–Crippen LogP) is 2.94. The normalized spacial score (nSPS) is 11.6. The number of rotatable bonds is 6. The number of nitrogen functional groups attached to an aromatic ring is 1. The van der Waals surface area contributed by atoms with Gasteiger partial charge in [-0.2, -0.15) is 0 Å². The summed E-state index contributed by atoms with van der Waals surface area (Å²) in [5.41, 5.74) is 6.53. The number of nitrogens with one attached hydrogen (secondary N) is 1. The Hall–Kier alpha value is -1.29. The lowest BCUT2D eigenvalue weighted by Crippen LogP contribution is -2.40. The standard InChI is InChI=1S/C14H24FN3/c1-10(2)18(11(3)4)9-8-17-13-7-5-6-12(15)14(13)16/h5-7,10-11,17H,8-9,16H2,1-4H3. The fourth-order valence-corrected chi connectivity index (χ4v) is 2.12. The second-order valence-corrected chi connectivity index (χ2v) is 5.05. The van der Waals surface area contributed by atoms with Gasteiger partial charge in [-0.1, -0.05) is 6.07 Å². The number of nitrogens with zero attached hydrogens (tertiary/aromatic N) is 1. The van der Waals surface area contributed by atoms with E-state index in [2.05, 4.69) is 37.9 Å². The number of anilines is 2. The van der Waals surface area contributed by atoms with Gasteiger partial charge in [0.1, 0.15) is 5.82 Å². The number of benzene rings is 1. The van der Waals surface area contributed by atoms with Gasteiger partial charge in [0.2, 0.25) is 0 Å². The van der Waals surface area contributed by atoms with Gasteiger partial charge < -0.3 is 11.1 Å². The molecule has 0 aliphatic rings. The van der Waals surface area contributed by atoms with Crippen LogP contribution in [0.15, 0.2) is 18.2 Å². The quantitative estimate of drug-likeness (QED) is 0.766. The van der Waals surface area contributed by atoms with Gasteiger partial charge in [0, 0.05) is 25.2 Å². The molecule has 0 atom stereocenters. The Morgan fingerprint density at radius 3 is 2.39 bits per heavy atom. The van der Waals surface area contributed by atoms with Crippen LogP contribution in [0.3, 0.4) is 0 Å². The Kier molecular flexibility index (Phi) is 5.41. The maximum Gasteiger partial charge on any atom is 0.148 e. The molecule has 102 valence electrons. The third kappa shape index (κ3) is 3.88. The van der Waals surface area contributed by atoms with E-state index in [1.807, 2.05) is 0 Å². The van der Waals surface area contributed by atoms with Gasteiger partial charge in [-0.15, -0.1) is 0 Å². The topological polar surface area (TPSA) is 41.3 Å². The van der Waals surface area contributed by atoms with Crippen LogP contribution in [-0.2, 0) is 0 Å². The summed E-state index contributed by atoms with van der Waals surface area (Å²) in [5, 5.41) is 3.19. The molecule has 0 aliphatic heterocycles. The molecule has 0 fully saturated rings. The Balaban J connectivity index is 2.53. The lowest BCUT2D eigenvalue weighted by atomic mass is 10.2. The highest BCUT2D eigenvalue weighted by Crippen LogP contribution is 2.20. The number of hydrogen-bond donors (Lipinski definition) is 2.